The van der Waals surface area contributed by atoms with Crippen LogP contribution in [0, 0.1) is 13.8 Å². The average Bonchev–Trinajstić information content (AvgIpc) is 3.67. The van der Waals surface area contributed by atoms with Crippen molar-refractivity contribution in [2.24, 2.45) is 4.99 Å². The number of hydrazine groups is 1. The normalized spacial score (nSPS) is 17.7. The maximum absolute atomic E-state index is 5.20. The number of aryl methyl sites for hydroxylation is 2. The lowest BCUT2D eigenvalue weighted by molar-refractivity contribution is 0.609. The van der Waals surface area contributed by atoms with Gasteiger partial charge in [0, 0.05) is 11.3 Å². The van der Waals surface area contributed by atoms with Crippen LogP contribution in [0.2, 0.25) is 0 Å². The first-order valence-corrected chi connectivity index (χ1v) is 17.2. The lowest BCUT2D eigenvalue weighted by atomic mass is 9.92. The highest BCUT2D eigenvalue weighted by Gasteiger charge is 2.22. The molecule has 2 heterocycles. The van der Waals surface area contributed by atoms with E-state index in [9.17, 15) is 0 Å². The smallest absolute Gasteiger partial charge is 0.145 e. The lowest BCUT2D eigenvalue weighted by Gasteiger charge is -2.26. The largest absolute Gasteiger partial charge is 0.360 e. The molecule has 6 aromatic rings. The Bertz CT molecular complexity index is 2160. The van der Waals surface area contributed by atoms with Crippen molar-refractivity contribution < 1.29 is 0 Å². The molecule has 0 saturated carbocycles. The number of nitrogens with zero attached hydrogens (tertiary/aromatic N) is 1. The molecular formula is C42H36N4S. The zero-order valence-corrected chi connectivity index (χ0v) is 27.3. The van der Waals surface area contributed by atoms with Gasteiger partial charge in [0.1, 0.15) is 6.17 Å². The molecule has 4 nitrogen and oxygen atoms in total. The third kappa shape index (κ3) is 5.90. The fraction of sp³-hybridized carbons (Fsp3) is 0.119. The SMILES string of the molecule is Cc1ccccc1C1=NC(c2ccccc2C)NC(c2ccc(-c3cc(-c4cccc(C5NNCS5)c4)c4ccccc4c3)cc2)=C1. The molecule has 1 saturated heterocycles. The topological polar surface area (TPSA) is 48.5 Å². The van der Waals surface area contributed by atoms with E-state index >= 15 is 0 Å². The van der Waals surface area contributed by atoms with Crippen molar-refractivity contribution in [3.8, 4) is 22.3 Å². The Hall–Kier alpha value is -4.94. The van der Waals surface area contributed by atoms with Crippen molar-refractivity contribution >= 4 is 33.9 Å². The van der Waals surface area contributed by atoms with Crippen LogP contribution < -0.4 is 16.2 Å². The highest BCUT2D eigenvalue weighted by molar-refractivity contribution is 7.99. The van der Waals surface area contributed by atoms with Crippen molar-refractivity contribution in [3.05, 3.63) is 173 Å². The number of hydrogen-bond acceptors (Lipinski definition) is 5. The third-order valence-corrected chi connectivity index (χ3v) is 10.2. The zero-order chi connectivity index (χ0) is 31.7. The van der Waals surface area contributed by atoms with Gasteiger partial charge in [-0.1, -0.05) is 115 Å². The Morgan fingerprint density at radius 1 is 0.638 bits per heavy atom. The van der Waals surface area contributed by atoms with Crippen LogP contribution in [0.5, 0.6) is 0 Å². The van der Waals surface area contributed by atoms with Crippen molar-refractivity contribution in [2.45, 2.75) is 25.4 Å². The summed E-state index contributed by atoms with van der Waals surface area (Å²) in [7, 11) is 0. The molecule has 47 heavy (non-hydrogen) atoms. The lowest BCUT2D eigenvalue weighted by Crippen LogP contribution is -2.25. The van der Waals surface area contributed by atoms with Crippen LogP contribution in [0.3, 0.4) is 0 Å². The first kappa shape index (κ1) is 29.5. The van der Waals surface area contributed by atoms with E-state index < -0.39 is 0 Å². The van der Waals surface area contributed by atoms with Gasteiger partial charge in [-0.2, -0.15) is 0 Å². The number of allylic oxidation sites excluding steroid dienone is 1. The first-order valence-electron chi connectivity index (χ1n) is 16.1. The van der Waals surface area contributed by atoms with Gasteiger partial charge in [0.2, 0.25) is 0 Å². The van der Waals surface area contributed by atoms with E-state index in [0.29, 0.717) is 0 Å². The van der Waals surface area contributed by atoms with Crippen LogP contribution >= 0.6 is 11.8 Å². The predicted octanol–water partition coefficient (Wildman–Crippen LogP) is 9.72. The maximum atomic E-state index is 5.20. The van der Waals surface area contributed by atoms with E-state index in [4.69, 9.17) is 4.99 Å². The van der Waals surface area contributed by atoms with Gasteiger partial charge in [0.25, 0.3) is 0 Å². The molecule has 8 rings (SSSR count). The molecule has 5 heteroatoms. The molecule has 1 fully saturated rings. The Labute approximate surface area is 280 Å². The number of thioether (sulfide) groups is 1. The fourth-order valence-corrected chi connectivity index (χ4v) is 7.50. The van der Waals surface area contributed by atoms with E-state index in [0.717, 1.165) is 28.4 Å². The number of fused-ring (bicyclic) bond motifs is 1. The monoisotopic (exact) mass is 628 g/mol. The summed E-state index contributed by atoms with van der Waals surface area (Å²) in [5.74, 6) is 0.905. The number of nitrogens with one attached hydrogen (secondary N) is 3. The van der Waals surface area contributed by atoms with Crippen molar-refractivity contribution in [2.75, 3.05) is 5.88 Å². The van der Waals surface area contributed by atoms with Gasteiger partial charge in [0.05, 0.1) is 17.0 Å². The van der Waals surface area contributed by atoms with Gasteiger partial charge in [-0.25, -0.2) is 10.9 Å². The molecule has 230 valence electrons. The second-order valence-electron chi connectivity index (χ2n) is 12.3. The van der Waals surface area contributed by atoms with Gasteiger partial charge < -0.3 is 5.32 Å². The first-order chi connectivity index (χ1) is 23.1. The second kappa shape index (κ2) is 12.7. The summed E-state index contributed by atoms with van der Waals surface area (Å²) in [6, 6.07) is 48.2. The van der Waals surface area contributed by atoms with Gasteiger partial charge in [-0.3, -0.25) is 4.99 Å². The number of hydrogen-bond donors (Lipinski definition) is 3. The van der Waals surface area contributed by atoms with Crippen LogP contribution in [0.15, 0.2) is 145 Å². The molecule has 3 N–H and O–H groups in total. The molecule has 0 spiro atoms. The number of rotatable bonds is 6. The number of aliphatic imine (C=N–C) groups is 1. The van der Waals surface area contributed by atoms with E-state index in [1.165, 1.54) is 55.3 Å². The highest BCUT2D eigenvalue weighted by Crippen LogP contribution is 2.37. The van der Waals surface area contributed by atoms with Crippen molar-refractivity contribution in [1.29, 1.82) is 0 Å². The minimum Gasteiger partial charge on any atom is -0.360 e. The van der Waals surface area contributed by atoms with E-state index in [2.05, 4.69) is 170 Å². The molecular weight excluding hydrogens is 593 g/mol. The van der Waals surface area contributed by atoms with Crippen LogP contribution in [0.25, 0.3) is 38.7 Å². The fourth-order valence-electron chi connectivity index (χ4n) is 6.66. The quantitative estimate of drug-likeness (QED) is 0.172. The maximum Gasteiger partial charge on any atom is 0.145 e. The predicted molar refractivity (Wildman–Crippen MR) is 199 cm³/mol. The minimum atomic E-state index is -0.169. The Morgan fingerprint density at radius 3 is 2.21 bits per heavy atom. The molecule has 0 aliphatic carbocycles. The zero-order valence-electron chi connectivity index (χ0n) is 26.5. The molecule has 2 aliphatic heterocycles. The van der Waals surface area contributed by atoms with Crippen LogP contribution in [0.4, 0.5) is 0 Å². The summed E-state index contributed by atoms with van der Waals surface area (Å²) in [6.45, 7) is 4.31. The van der Waals surface area contributed by atoms with Gasteiger partial charge >= 0.3 is 0 Å². The molecule has 0 radical (unpaired) electrons. The molecule has 0 aromatic heterocycles. The van der Waals surface area contributed by atoms with Crippen LogP contribution in [-0.4, -0.2) is 11.6 Å². The van der Waals surface area contributed by atoms with Gasteiger partial charge in [-0.15, -0.1) is 11.8 Å². The molecule has 2 unspecified atom stereocenters. The third-order valence-electron chi connectivity index (χ3n) is 9.19. The summed E-state index contributed by atoms with van der Waals surface area (Å²) in [5, 5.41) is 6.50. The van der Waals surface area contributed by atoms with Gasteiger partial charge in [0.15, 0.2) is 0 Å². The highest BCUT2D eigenvalue weighted by atomic mass is 32.2. The van der Waals surface area contributed by atoms with Crippen LogP contribution in [-0.2, 0) is 0 Å². The molecule has 2 atom stereocenters. The van der Waals surface area contributed by atoms with Crippen molar-refractivity contribution in [3.63, 3.8) is 0 Å². The van der Waals surface area contributed by atoms with Crippen LogP contribution in [0.1, 0.15) is 44.9 Å². The molecule has 6 aromatic carbocycles. The Balaban J connectivity index is 1.17. The summed E-state index contributed by atoms with van der Waals surface area (Å²) in [6.07, 6.45) is 2.03. The standard InChI is InChI=1S/C42H36N4S/c1-27-10-3-6-15-35(27)40-25-39(44-41(45-40)36-16-7-4-11-28(36)2)30-20-18-29(19-21-30)34-23-31-12-5-8-17-37(31)38(24-34)32-13-9-14-33(22-32)42-46-43-26-47-42/h3-25,41-44,46H,26H2,1-2H3. The molecule has 0 amide bonds. The second-order valence-corrected chi connectivity index (χ2v) is 13.3. The molecule has 2 aliphatic rings. The van der Waals surface area contributed by atoms with Gasteiger partial charge in [-0.05, 0) is 99.0 Å². The summed E-state index contributed by atoms with van der Waals surface area (Å²) >= 11 is 1.88. The number of benzene rings is 6. The summed E-state index contributed by atoms with van der Waals surface area (Å²) < 4.78 is 0. The summed E-state index contributed by atoms with van der Waals surface area (Å²) in [4.78, 5) is 5.20. The summed E-state index contributed by atoms with van der Waals surface area (Å²) in [5.41, 5.74) is 20.8. The minimum absolute atomic E-state index is 0.169. The average molecular weight is 629 g/mol. The Morgan fingerprint density at radius 2 is 1.40 bits per heavy atom. The van der Waals surface area contributed by atoms with Crippen molar-refractivity contribution in [1.82, 2.24) is 16.2 Å². The molecule has 0 bridgehead atoms. The van der Waals surface area contributed by atoms with E-state index in [1.807, 2.05) is 11.8 Å². The Kier molecular flexibility index (Phi) is 7.95. The van der Waals surface area contributed by atoms with E-state index in [-0.39, 0.29) is 11.5 Å². The van der Waals surface area contributed by atoms with E-state index in [1.54, 1.807) is 0 Å².